The number of rotatable bonds is 1. The smallest absolute Gasteiger partial charge is 0.156 e. The first-order chi connectivity index (χ1) is 3.18. The molecule has 0 radical (unpaired) electrons. The van der Waals surface area contributed by atoms with Crippen molar-refractivity contribution in [2.75, 3.05) is 0 Å². The molecule has 0 saturated carbocycles. The van der Waals surface area contributed by atoms with Crippen LogP contribution in [0.2, 0.25) is 0 Å². The summed E-state index contributed by atoms with van der Waals surface area (Å²) in [6, 6.07) is 0. The Kier molecular flexibility index (Phi) is 2.92. The van der Waals surface area contributed by atoms with Gasteiger partial charge in [0.2, 0.25) is 0 Å². The van der Waals surface area contributed by atoms with Gasteiger partial charge in [0.25, 0.3) is 0 Å². The number of allylic oxidation sites excluding steroid dienone is 2. The fourth-order valence-electron chi connectivity index (χ4n) is 0.118. The minimum absolute atomic E-state index is 0.646. The Morgan fingerprint density at radius 1 is 1.57 bits per heavy atom. The molecule has 0 aromatic heterocycles. The first kappa shape index (κ1) is 6.89. The number of carbonyl (C=O) groups excluding carboxylic acids is 1. The van der Waals surface area contributed by atoms with E-state index in [1.54, 1.807) is 0 Å². The van der Waals surface area contributed by atoms with Gasteiger partial charge in [-0.1, -0.05) is 5.57 Å². The van der Waals surface area contributed by atoms with Crippen LogP contribution in [0.5, 0.6) is 0 Å². The van der Waals surface area contributed by atoms with Gasteiger partial charge in [0.15, 0.2) is 6.29 Å². The van der Waals surface area contributed by atoms with E-state index in [0.717, 1.165) is 11.9 Å². The SMILES string of the molecule is CC(C)=C(Br)C=O. The van der Waals surface area contributed by atoms with Crippen LogP contribution in [0.15, 0.2) is 10.1 Å². The van der Waals surface area contributed by atoms with E-state index in [-0.39, 0.29) is 0 Å². The van der Waals surface area contributed by atoms with Crippen molar-refractivity contribution in [3.63, 3.8) is 0 Å². The third kappa shape index (κ3) is 2.57. The lowest BCUT2D eigenvalue weighted by Gasteiger charge is -1.84. The molecular formula is C5H7BrO. The molecule has 0 aliphatic carbocycles. The molecule has 0 unspecified atom stereocenters. The molecule has 0 amide bonds. The summed E-state index contributed by atoms with van der Waals surface area (Å²) in [7, 11) is 0. The molecule has 2 heteroatoms. The number of hydrogen-bond donors (Lipinski definition) is 0. The Morgan fingerprint density at radius 3 is 2.00 bits per heavy atom. The Morgan fingerprint density at radius 2 is 2.00 bits per heavy atom. The number of hydrogen-bond acceptors (Lipinski definition) is 1. The summed E-state index contributed by atoms with van der Waals surface area (Å²) < 4.78 is 0.646. The van der Waals surface area contributed by atoms with E-state index < -0.39 is 0 Å². The second kappa shape index (κ2) is 2.97. The highest BCUT2D eigenvalue weighted by molar-refractivity contribution is 9.12. The minimum atomic E-state index is 0.646. The highest BCUT2D eigenvalue weighted by atomic mass is 79.9. The molecule has 40 valence electrons. The zero-order valence-electron chi connectivity index (χ0n) is 4.36. The van der Waals surface area contributed by atoms with E-state index >= 15 is 0 Å². The molecule has 0 heterocycles. The number of aldehydes is 1. The predicted octanol–water partition coefficient (Wildman–Crippen LogP) is 1.87. The van der Waals surface area contributed by atoms with Crippen molar-refractivity contribution in [3.05, 3.63) is 10.1 Å². The predicted molar refractivity (Wildman–Crippen MR) is 33.4 cm³/mol. The monoisotopic (exact) mass is 162 g/mol. The number of carbonyl (C=O) groups is 1. The molecular weight excluding hydrogens is 156 g/mol. The normalized spacial score (nSPS) is 7.86. The van der Waals surface area contributed by atoms with E-state index in [2.05, 4.69) is 15.9 Å². The first-order valence-corrected chi connectivity index (χ1v) is 2.76. The van der Waals surface area contributed by atoms with Crippen molar-refractivity contribution in [3.8, 4) is 0 Å². The van der Waals surface area contributed by atoms with Gasteiger partial charge < -0.3 is 0 Å². The second-order valence-electron chi connectivity index (χ2n) is 1.47. The molecule has 0 aromatic rings. The summed E-state index contributed by atoms with van der Waals surface area (Å²) in [6.45, 7) is 3.75. The van der Waals surface area contributed by atoms with Crippen molar-refractivity contribution in [1.29, 1.82) is 0 Å². The van der Waals surface area contributed by atoms with Crippen LogP contribution in [-0.2, 0) is 4.79 Å². The van der Waals surface area contributed by atoms with Crippen molar-refractivity contribution in [2.24, 2.45) is 0 Å². The van der Waals surface area contributed by atoms with Gasteiger partial charge >= 0.3 is 0 Å². The Labute approximate surface area is 51.5 Å². The molecule has 0 atom stereocenters. The maximum atomic E-state index is 9.84. The van der Waals surface area contributed by atoms with E-state index in [1.807, 2.05) is 13.8 Å². The molecule has 0 aromatic carbocycles. The van der Waals surface area contributed by atoms with Crippen LogP contribution in [0.1, 0.15) is 13.8 Å². The summed E-state index contributed by atoms with van der Waals surface area (Å²) in [5.41, 5.74) is 1.01. The van der Waals surface area contributed by atoms with Crippen LogP contribution in [0.4, 0.5) is 0 Å². The van der Waals surface area contributed by atoms with E-state index in [1.165, 1.54) is 0 Å². The van der Waals surface area contributed by atoms with Crippen LogP contribution in [0.3, 0.4) is 0 Å². The number of halogens is 1. The van der Waals surface area contributed by atoms with Gasteiger partial charge in [-0.05, 0) is 29.8 Å². The molecule has 0 N–H and O–H groups in total. The van der Waals surface area contributed by atoms with Gasteiger partial charge in [0, 0.05) is 0 Å². The van der Waals surface area contributed by atoms with Gasteiger partial charge in [-0.25, -0.2) is 0 Å². The van der Waals surface area contributed by atoms with Crippen LogP contribution in [0.25, 0.3) is 0 Å². The lowest BCUT2D eigenvalue weighted by molar-refractivity contribution is -0.104. The lowest BCUT2D eigenvalue weighted by atomic mass is 10.3. The van der Waals surface area contributed by atoms with Crippen molar-refractivity contribution < 1.29 is 4.79 Å². The lowest BCUT2D eigenvalue weighted by Crippen LogP contribution is -1.73. The minimum Gasteiger partial charge on any atom is -0.297 e. The average Bonchev–Trinajstić information content (AvgIpc) is 1.65. The van der Waals surface area contributed by atoms with Gasteiger partial charge in [-0.15, -0.1) is 0 Å². The molecule has 0 bridgehead atoms. The average molecular weight is 163 g/mol. The molecule has 0 aliphatic heterocycles. The van der Waals surface area contributed by atoms with E-state index in [0.29, 0.717) is 4.48 Å². The summed E-state index contributed by atoms with van der Waals surface area (Å²) in [6.07, 6.45) is 0.787. The van der Waals surface area contributed by atoms with Gasteiger partial charge in [-0.2, -0.15) is 0 Å². The fraction of sp³-hybridized carbons (Fsp3) is 0.400. The topological polar surface area (TPSA) is 17.1 Å². The molecule has 1 nitrogen and oxygen atoms in total. The molecule has 0 spiro atoms. The zero-order chi connectivity index (χ0) is 5.86. The van der Waals surface area contributed by atoms with Crippen molar-refractivity contribution >= 4 is 22.2 Å². The summed E-state index contributed by atoms with van der Waals surface area (Å²) >= 11 is 3.05. The Hall–Kier alpha value is -0.110. The highest BCUT2D eigenvalue weighted by Gasteiger charge is 1.85. The highest BCUT2D eigenvalue weighted by Crippen LogP contribution is 2.05. The van der Waals surface area contributed by atoms with Crippen molar-refractivity contribution in [2.45, 2.75) is 13.8 Å². The third-order valence-electron chi connectivity index (χ3n) is 0.581. The first-order valence-electron chi connectivity index (χ1n) is 1.96. The quantitative estimate of drug-likeness (QED) is 0.426. The molecule has 0 saturated heterocycles. The van der Waals surface area contributed by atoms with Crippen LogP contribution in [0, 0.1) is 0 Å². The molecule has 0 fully saturated rings. The van der Waals surface area contributed by atoms with Crippen LogP contribution in [-0.4, -0.2) is 6.29 Å². The summed E-state index contributed by atoms with van der Waals surface area (Å²) in [5, 5.41) is 0. The van der Waals surface area contributed by atoms with Gasteiger partial charge in [0.05, 0.1) is 4.48 Å². The van der Waals surface area contributed by atoms with E-state index in [9.17, 15) is 4.79 Å². The zero-order valence-corrected chi connectivity index (χ0v) is 5.95. The fourth-order valence-corrected chi connectivity index (χ4v) is 0.118. The third-order valence-corrected chi connectivity index (χ3v) is 1.56. The second-order valence-corrected chi connectivity index (χ2v) is 2.32. The molecule has 7 heavy (non-hydrogen) atoms. The Bertz CT molecular complexity index is 101. The largest absolute Gasteiger partial charge is 0.297 e. The van der Waals surface area contributed by atoms with E-state index in [4.69, 9.17) is 0 Å². The van der Waals surface area contributed by atoms with Gasteiger partial charge in [-0.3, -0.25) is 4.79 Å². The van der Waals surface area contributed by atoms with Crippen LogP contribution >= 0.6 is 15.9 Å². The maximum Gasteiger partial charge on any atom is 0.156 e. The standard InChI is InChI=1S/C5H7BrO/c1-4(2)5(6)3-7/h3H,1-2H3. The summed E-state index contributed by atoms with van der Waals surface area (Å²) in [5.74, 6) is 0. The van der Waals surface area contributed by atoms with Crippen molar-refractivity contribution in [1.82, 2.24) is 0 Å². The molecule has 0 rings (SSSR count). The van der Waals surface area contributed by atoms with Gasteiger partial charge in [0.1, 0.15) is 0 Å². The summed E-state index contributed by atoms with van der Waals surface area (Å²) in [4.78, 5) is 9.84. The maximum absolute atomic E-state index is 9.84. The van der Waals surface area contributed by atoms with Crippen LogP contribution < -0.4 is 0 Å². The Balaban J connectivity index is 3.98. The molecule has 0 aliphatic rings.